The third-order valence-electron chi connectivity index (χ3n) is 2.49. The summed E-state index contributed by atoms with van der Waals surface area (Å²) in [5, 5.41) is 5.91. The maximum Gasteiger partial charge on any atom is 0.273 e. The first-order valence-electron chi connectivity index (χ1n) is 5.30. The maximum absolute atomic E-state index is 11.5. The molecule has 5 nitrogen and oxygen atoms in total. The van der Waals surface area contributed by atoms with E-state index in [0.29, 0.717) is 27.8 Å². The Morgan fingerprint density at radius 2 is 2.00 bits per heavy atom. The van der Waals surface area contributed by atoms with Crippen LogP contribution in [0, 0.1) is 0 Å². The number of amides is 1. The Balaban J connectivity index is 2.42. The monoisotopic (exact) mass is 298 g/mol. The Kier molecular flexibility index (Phi) is 3.92. The average molecular weight is 299 g/mol. The van der Waals surface area contributed by atoms with Gasteiger partial charge in [-0.05, 0) is 36.0 Å². The van der Waals surface area contributed by atoms with Gasteiger partial charge in [-0.25, -0.2) is 0 Å². The molecule has 1 heterocycles. The van der Waals surface area contributed by atoms with Crippen LogP contribution in [-0.4, -0.2) is 25.2 Å². The Bertz CT molecular complexity index is 587. The van der Waals surface area contributed by atoms with E-state index in [0.717, 1.165) is 0 Å². The lowest BCUT2D eigenvalue weighted by Crippen LogP contribution is -2.21. The fourth-order valence-electron chi connectivity index (χ4n) is 1.67. The van der Waals surface area contributed by atoms with Crippen LogP contribution >= 0.6 is 23.8 Å². The number of ether oxygens (including phenoxy) is 2. The third kappa shape index (κ3) is 2.80. The minimum atomic E-state index is -0.282. The fraction of sp³-hybridized carbons (Fsp3) is 0.167. The maximum atomic E-state index is 11.5. The summed E-state index contributed by atoms with van der Waals surface area (Å²) >= 11 is 10.9. The highest BCUT2D eigenvalue weighted by atomic mass is 35.5. The van der Waals surface area contributed by atoms with Crippen LogP contribution in [0.25, 0.3) is 6.08 Å². The number of carbonyl (C=O) groups excluding carboxylic acids is 1. The first kappa shape index (κ1) is 13.6. The number of hydrogen-bond acceptors (Lipinski definition) is 4. The van der Waals surface area contributed by atoms with Crippen LogP contribution in [0.5, 0.6) is 11.5 Å². The van der Waals surface area contributed by atoms with Crippen molar-refractivity contribution < 1.29 is 14.3 Å². The lowest BCUT2D eigenvalue weighted by molar-refractivity contribution is -0.115. The molecular weight excluding hydrogens is 288 g/mol. The van der Waals surface area contributed by atoms with Crippen molar-refractivity contribution in [2.24, 2.45) is 0 Å². The number of rotatable bonds is 3. The number of halogens is 1. The molecule has 0 radical (unpaired) electrons. The van der Waals surface area contributed by atoms with Gasteiger partial charge in [-0.3, -0.25) is 10.1 Å². The van der Waals surface area contributed by atoms with Crippen molar-refractivity contribution in [1.82, 2.24) is 10.6 Å². The van der Waals surface area contributed by atoms with Gasteiger partial charge in [0, 0.05) is 0 Å². The van der Waals surface area contributed by atoms with E-state index in [1.807, 2.05) is 0 Å². The van der Waals surface area contributed by atoms with E-state index in [1.165, 1.54) is 14.2 Å². The first-order valence-corrected chi connectivity index (χ1v) is 6.09. The van der Waals surface area contributed by atoms with E-state index in [9.17, 15) is 4.79 Å². The zero-order valence-electron chi connectivity index (χ0n) is 10.2. The quantitative estimate of drug-likeness (QED) is 0.657. The molecule has 0 spiro atoms. The van der Waals surface area contributed by atoms with E-state index < -0.39 is 0 Å². The van der Waals surface area contributed by atoms with Gasteiger partial charge in [-0.1, -0.05) is 11.6 Å². The Hall–Kier alpha value is -1.79. The van der Waals surface area contributed by atoms with E-state index in [-0.39, 0.29) is 11.0 Å². The van der Waals surface area contributed by atoms with Gasteiger partial charge in [0.15, 0.2) is 16.6 Å². The topological polar surface area (TPSA) is 59.6 Å². The van der Waals surface area contributed by atoms with Crippen molar-refractivity contribution in [2.75, 3.05) is 14.2 Å². The second-order valence-electron chi connectivity index (χ2n) is 3.70. The second-order valence-corrected chi connectivity index (χ2v) is 4.52. The van der Waals surface area contributed by atoms with Crippen LogP contribution in [0.15, 0.2) is 17.8 Å². The van der Waals surface area contributed by atoms with Crippen LogP contribution in [0.2, 0.25) is 5.02 Å². The Morgan fingerprint density at radius 1 is 1.26 bits per heavy atom. The van der Waals surface area contributed by atoms with Gasteiger partial charge in [0.2, 0.25) is 0 Å². The minimum absolute atomic E-state index is 0.280. The SMILES string of the molecule is COc1cc(C=C2NC(=S)NC2=O)cc(Cl)c1OC. The summed E-state index contributed by atoms with van der Waals surface area (Å²) in [6, 6.07) is 3.39. The highest BCUT2D eigenvalue weighted by molar-refractivity contribution is 7.80. The zero-order chi connectivity index (χ0) is 14.0. The van der Waals surface area contributed by atoms with Crippen LogP contribution in [-0.2, 0) is 4.79 Å². The molecule has 1 aliphatic heterocycles. The summed E-state index contributed by atoms with van der Waals surface area (Å²) in [6.45, 7) is 0. The number of benzene rings is 1. The number of nitrogens with one attached hydrogen (secondary N) is 2. The molecule has 0 bridgehead atoms. The summed E-state index contributed by atoms with van der Waals surface area (Å²) in [5.41, 5.74) is 1.05. The number of hydrogen-bond donors (Lipinski definition) is 2. The Morgan fingerprint density at radius 3 is 2.53 bits per heavy atom. The van der Waals surface area contributed by atoms with Gasteiger partial charge in [-0.2, -0.15) is 0 Å². The van der Waals surface area contributed by atoms with E-state index in [4.69, 9.17) is 33.3 Å². The molecule has 0 atom stereocenters. The standard InChI is InChI=1S/C12H11ClN2O3S/c1-17-9-5-6(3-7(13)10(9)18-2)4-8-11(16)15-12(19)14-8/h3-5H,1-2H3,(H2,14,15,16,19). The van der Waals surface area contributed by atoms with E-state index in [1.54, 1.807) is 18.2 Å². The molecule has 2 N–H and O–H groups in total. The number of thiocarbonyl (C=S) groups is 1. The molecule has 19 heavy (non-hydrogen) atoms. The van der Waals surface area contributed by atoms with Gasteiger partial charge in [-0.15, -0.1) is 0 Å². The van der Waals surface area contributed by atoms with E-state index in [2.05, 4.69) is 10.6 Å². The normalized spacial score (nSPS) is 16.3. The van der Waals surface area contributed by atoms with Crippen molar-refractivity contribution in [3.63, 3.8) is 0 Å². The summed E-state index contributed by atoms with van der Waals surface area (Å²) < 4.78 is 10.3. The predicted octanol–water partition coefficient (Wildman–Crippen LogP) is 1.70. The van der Waals surface area contributed by atoms with Crippen molar-refractivity contribution in [3.05, 3.63) is 28.4 Å². The molecule has 1 fully saturated rings. The van der Waals surface area contributed by atoms with Gasteiger partial charge < -0.3 is 14.8 Å². The average Bonchev–Trinajstić information content (AvgIpc) is 2.67. The van der Waals surface area contributed by atoms with Crippen LogP contribution < -0.4 is 20.1 Å². The Labute approximate surface area is 120 Å². The lowest BCUT2D eigenvalue weighted by Gasteiger charge is -2.10. The van der Waals surface area contributed by atoms with Crippen molar-refractivity contribution >= 4 is 40.9 Å². The van der Waals surface area contributed by atoms with Gasteiger partial charge in [0.1, 0.15) is 5.70 Å². The molecular formula is C12H11ClN2O3S. The molecule has 0 aliphatic carbocycles. The first-order chi connectivity index (χ1) is 9.05. The van der Waals surface area contributed by atoms with Crippen molar-refractivity contribution in [1.29, 1.82) is 0 Å². The minimum Gasteiger partial charge on any atom is -0.493 e. The summed E-state index contributed by atoms with van der Waals surface area (Å²) in [6.07, 6.45) is 1.63. The van der Waals surface area contributed by atoms with Crippen LogP contribution in [0.1, 0.15) is 5.56 Å². The predicted molar refractivity (Wildman–Crippen MR) is 76.4 cm³/mol. The van der Waals surface area contributed by atoms with Crippen LogP contribution in [0.3, 0.4) is 0 Å². The smallest absolute Gasteiger partial charge is 0.273 e. The molecule has 2 rings (SSSR count). The van der Waals surface area contributed by atoms with Gasteiger partial charge in [0.05, 0.1) is 19.2 Å². The molecule has 0 aromatic heterocycles. The summed E-state index contributed by atoms with van der Waals surface area (Å²) in [4.78, 5) is 11.5. The van der Waals surface area contributed by atoms with Crippen LogP contribution in [0.4, 0.5) is 0 Å². The molecule has 100 valence electrons. The van der Waals surface area contributed by atoms with Crippen molar-refractivity contribution in [3.8, 4) is 11.5 Å². The van der Waals surface area contributed by atoms with Gasteiger partial charge >= 0.3 is 0 Å². The summed E-state index contributed by atoms with van der Waals surface area (Å²) in [5.74, 6) is 0.657. The molecule has 0 unspecified atom stereocenters. The molecule has 0 saturated carbocycles. The second kappa shape index (κ2) is 5.46. The lowest BCUT2D eigenvalue weighted by atomic mass is 10.1. The number of carbonyl (C=O) groups is 1. The number of methoxy groups -OCH3 is 2. The zero-order valence-corrected chi connectivity index (χ0v) is 11.8. The molecule has 1 aromatic rings. The molecule has 7 heteroatoms. The fourth-order valence-corrected chi connectivity index (χ4v) is 2.17. The van der Waals surface area contributed by atoms with E-state index >= 15 is 0 Å². The largest absolute Gasteiger partial charge is 0.493 e. The summed E-state index contributed by atoms with van der Waals surface area (Å²) in [7, 11) is 3.02. The molecule has 1 saturated heterocycles. The molecule has 1 amide bonds. The van der Waals surface area contributed by atoms with Crippen molar-refractivity contribution in [2.45, 2.75) is 0 Å². The third-order valence-corrected chi connectivity index (χ3v) is 2.97. The van der Waals surface area contributed by atoms with Gasteiger partial charge in [0.25, 0.3) is 5.91 Å². The highest BCUT2D eigenvalue weighted by Crippen LogP contribution is 2.36. The highest BCUT2D eigenvalue weighted by Gasteiger charge is 2.20. The molecule has 1 aromatic carbocycles. The molecule has 1 aliphatic rings.